The lowest BCUT2D eigenvalue weighted by molar-refractivity contribution is 0.0388. The highest BCUT2D eigenvalue weighted by molar-refractivity contribution is 5.89. The van der Waals surface area contributed by atoms with Crippen LogP contribution in [0.4, 0.5) is 16.2 Å². The number of hydrogen-bond acceptors (Lipinski definition) is 5. The highest BCUT2D eigenvalue weighted by Crippen LogP contribution is 2.19. The summed E-state index contributed by atoms with van der Waals surface area (Å²) in [4.78, 5) is 19.0. The van der Waals surface area contributed by atoms with Gasteiger partial charge < -0.3 is 25.2 Å². The zero-order valence-electron chi connectivity index (χ0n) is 15.0. The molecule has 2 aliphatic heterocycles. The van der Waals surface area contributed by atoms with Crippen LogP contribution < -0.4 is 15.5 Å². The molecule has 0 atom stereocenters. The van der Waals surface area contributed by atoms with Crippen LogP contribution >= 0.6 is 0 Å². The van der Waals surface area contributed by atoms with Gasteiger partial charge in [-0.3, -0.25) is 4.90 Å². The van der Waals surface area contributed by atoms with Gasteiger partial charge in [-0.05, 0) is 31.3 Å². The number of nitrogens with zero attached hydrogens (tertiary/aromatic N) is 3. The SMILES string of the molecule is CN1CCN(c2ccc(NC(=O)NCCN3CCOCC3)cc2)CC1. The summed E-state index contributed by atoms with van der Waals surface area (Å²) < 4.78 is 5.32. The van der Waals surface area contributed by atoms with Crippen LogP contribution in [0.25, 0.3) is 0 Å². The number of urea groups is 1. The molecule has 0 spiro atoms. The average molecular weight is 347 g/mol. The monoisotopic (exact) mass is 347 g/mol. The first-order chi connectivity index (χ1) is 12.2. The maximum absolute atomic E-state index is 12.0. The lowest BCUT2D eigenvalue weighted by Crippen LogP contribution is -2.44. The molecule has 1 aromatic rings. The van der Waals surface area contributed by atoms with E-state index in [-0.39, 0.29) is 6.03 Å². The Kier molecular flexibility index (Phi) is 6.49. The number of anilines is 2. The number of piperazine rings is 1. The molecule has 0 unspecified atom stereocenters. The predicted molar refractivity (Wildman–Crippen MR) is 100 cm³/mol. The van der Waals surface area contributed by atoms with Gasteiger partial charge >= 0.3 is 6.03 Å². The van der Waals surface area contributed by atoms with E-state index >= 15 is 0 Å². The number of likely N-dealkylation sites (N-methyl/N-ethyl adjacent to an activating group) is 1. The minimum atomic E-state index is -0.152. The molecule has 138 valence electrons. The Bertz CT molecular complexity index is 537. The van der Waals surface area contributed by atoms with Crippen molar-refractivity contribution in [2.75, 3.05) is 82.8 Å². The van der Waals surface area contributed by atoms with Gasteiger partial charge in [0.1, 0.15) is 0 Å². The van der Waals surface area contributed by atoms with Crippen LogP contribution in [0.15, 0.2) is 24.3 Å². The molecular formula is C18H29N5O2. The van der Waals surface area contributed by atoms with E-state index in [1.807, 2.05) is 12.1 Å². The molecule has 1 aromatic carbocycles. The lowest BCUT2D eigenvalue weighted by atomic mass is 10.2. The van der Waals surface area contributed by atoms with Crippen molar-refractivity contribution in [1.29, 1.82) is 0 Å². The molecule has 7 heteroatoms. The van der Waals surface area contributed by atoms with Crippen LogP contribution in [0, 0.1) is 0 Å². The number of amides is 2. The van der Waals surface area contributed by atoms with Gasteiger partial charge in [-0.1, -0.05) is 0 Å². The fourth-order valence-electron chi connectivity index (χ4n) is 3.15. The molecule has 0 bridgehead atoms. The Hall–Kier alpha value is -1.83. The Morgan fingerprint density at radius 3 is 2.40 bits per heavy atom. The number of ether oxygens (including phenoxy) is 1. The zero-order chi connectivity index (χ0) is 17.5. The second-order valence-electron chi connectivity index (χ2n) is 6.67. The molecule has 0 radical (unpaired) electrons. The van der Waals surface area contributed by atoms with Crippen LogP contribution in [0.5, 0.6) is 0 Å². The van der Waals surface area contributed by atoms with Gasteiger partial charge in [0, 0.05) is 63.7 Å². The standard InChI is InChI=1S/C18H29N5O2/c1-21-8-10-23(11-9-21)17-4-2-16(3-5-17)20-18(24)19-6-7-22-12-14-25-15-13-22/h2-5H,6-15H2,1H3,(H2,19,20,24). The van der Waals surface area contributed by atoms with Crippen molar-refractivity contribution >= 4 is 17.4 Å². The lowest BCUT2D eigenvalue weighted by Gasteiger charge is -2.34. The number of hydrogen-bond donors (Lipinski definition) is 2. The van der Waals surface area contributed by atoms with Crippen molar-refractivity contribution < 1.29 is 9.53 Å². The van der Waals surface area contributed by atoms with Gasteiger partial charge in [-0.2, -0.15) is 0 Å². The Morgan fingerprint density at radius 1 is 1.04 bits per heavy atom. The zero-order valence-corrected chi connectivity index (χ0v) is 15.0. The number of benzene rings is 1. The first kappa shape index (κ1) is 18.0. The molecule has 7 nitrogen and oxygen atoms in total. The minimum absolute atomic E-state index is 0.152. The number of rotatable bonds is 5. The second kappa shape index (κ2) is 9.03. The van der Waals surface area contributed by atoms with Gasteiger partial charge in [0.15, 0.2) is 0 Å². The van der Waals surface area contributed by atoms with Crippen molar-refractivity contribution in [2.45, 2.75) is 0 Å². The third kappa shape index (κ3) is 5.59. The van der Waals surface area contributed by atoms with Crippen LogP contribution in [-0.4, -0.2) is 88.5 Å². The molecule has 25 heavy (non-hydrogen) atoms. The number of nitrogens with one attached hydrogen (secondary N) is 2. The highest BCUT2D eigenvalue weighted by atomic mass is 16.5. The smallest absolute Gasteiger partial charge is 0.319 e. The van der Waals surface area contributed by atoms with Crippen molar-refractivity contribution in [2.24, 2.45) is 0 Å². The maximum atomic E-state index is 12.0. The van der Waals surface area contributed by atoms with E-state index in [1.54, 1.807) is 0 Å². The van der Waals surface area contributed by atoms with Gasteiger partial charge in [-0.15, -0.1) is 0 Å². The molecule has 2 saturated heterocycles. The third-order valence-corrected chi connectivity index (χ3v) is 4.81. The van der Waals surface area contributed by atoms with E-state index in [1.165, 1.54) is 5.69 Å². The quantitative estimate of drug-likeness (QED) is 0.829. The van der Waals surface area contributed by atoms with E-state index in [4.69, 9.17) is 4.74 Å². The average Bonchev–Trinajstić information content (AvgIpc) is 2.64. The summed E-state index contributed by atoms with van der Waals surface area (Å²) in [6, 6.07) is 7.94. The Labute approximate surface area is 149 Å². The van der Waals surface area contributed by atoms with Crippen LogP contribution in [0.1, 0.15) is 0 Å². The predicted octanol–water partition coefficient (Wildman–Crippen LogP) is 0.892. The molecule has 3 rings (SSSR count). The van der Waals surface area contributed by atoms with E-state index < -0.39 is 0 Å². The highest BCUT2D eigenvalue weighted by Gasteiger charge is 2.14. The van der Waals surface area contributed by atoms with Gasteiger partial charge in [0.05, 0.1) is 13.2 Å². The van der Waals surface area contributed by atoms with Crippen molar-refractivity contribution in [1.82, 2.24) is 15.1 Å². The first-order valence-corrected chi connectivity index (χ1v) is 9.09. The third-order valence-electron chi connectivity index (χ3n) is 4.81. The molecule has 2 N–H and O–H groups in total. The molecule has 2 amide bonds. The maximum Gasteiger partial charge on any atom is 0.319 e. The molecule has 0 saturated carbocycles. The second-order valence-corrected chi connectivity index (χ2v) is 6.67. The van der Waals surface area contributed by atoms with E-state index in [2.05, 4.69) is 44.5 Å². The number of carbonyl (C=O) groups is 1. The fraction of sp³-hybridized carbons (Fsp3) is 0.611. The summed E-state index contributed by atoms with van der Waals surface area (Å²) in [6.45, 7) is 9.23. The summed E-state index contributed by atoms with van der Waals surface area (Å²) in [6.07, 6.45) is 0. The first-order valence-electron chi connectivity index (χ1n) is 9.09. The molecule has 0 aliphatic carbocycles. The van der Waals surface area contributed by atoms with Crippen molar-refractivity contribution in [3.05, 3.63) is 24.3 Å². The molecule has 2 fully saturated rings. The van der Waals surface area contributed by atoms with Gasteiger partial charge in [-0.25, -0.2) is 4.79 Å². The van der Waals surface area contributed by atoms with E-state index in [9.17, 15) is 4.79 Å². The summed E-state index contributed by atoms with van der Waals surface area (Å²) in [5.74, 6) is 0. The van der Waals surface area contributed by atoms with E-state index in [0.29, 0.717) is 6.54 Å². The van der Waals surface area contributed by atoms with Gasteiger partial charge in [0.25, 0.3) is 0 Å². The topological polar surface area (TPSA) is 60.1 Å². The summed E-state index contributed by atoms with van der Waals surface area (Å²) in [5.41, 5.74) is 2.04. The summed E-state index contributed by atoms with van der Waals surface area (Å²) in [5, 5.41) is 5.81. The molecule has 2 heterocycles. The largest absolute Gasteiger partial charge is 0.379 e. The molecular weight excluding hydrogens is 318 g/mol. The number of morpholine rings is 1. The van der Waals surface area contributed by atoms with E-state index in [0.717, 1.165) is 64.7 Å². The van der Waals surface area contributed by atoms with Crippen LogP contribution in [0.2, 0.25) is 0 Å². The Balaban J connectivity index is 1.39. The Morgan fingerprint density at radius 2 is 1.72 bits per heavy atom. The van der Waals surface area contributed by atoms with Crippen molar-refractivity contribution in [3.8, 4) is 0 Å². The van der Waals surface area contributed by atoms with Gasteiger partial charge in [0.2, 0.25) is 0 Å². The normalized spacial score (nSPS) is 19.6. The molecule has 2 aliphatic rings. The molecule has 0 aromatic heterocycles. The van der Waals surface area contributed by atoms with Crippen molar-refractivity contribution in [3.63, 3.8) is 0 Å². The number of carbonyl (C=O) groups excluding carboxylic acids is 1. The van der Waals surface area contributed by atoms with Crippen LogP contribution in [-0.2, 0) is 4.74 Å². The fourth-order valence-corrected chi connectivity index (χ4v) is 3.15. The minimum Gasteiger partial charge on any atom is -0.379 e. The summed E-state index contributed by atoms with van der Waals surface area (Å²) >= 11 is 0. The van der Waals surface area contributed by atoms with Crippen LogP contribution in [0.3, 0.4) is 0 Å². The summed E-state index contributed by atoms with van der Waals surface area (Å²) in [7, 11) is 2.15.